The molecular weight excluding hydrogens is 915 g/mol. The maximum atomic E-state index is 7.17. The lowest BCUT2D eigenvalue weighted by molar-refractivity contribution is 0.572. The Morgan fingerprint density at radius 1 is 0.307 bits per heavy atom. The molecule has 0 fully saturated rings. The van der Waals surface area contributed by atoms with Crippen LogP contribution < -0.4 is 9.80 Å². The molecule has 0 saturated carbocycles. The van der Waals surface area contributed by atoms with Gasteiger partial charge in [0.25, 0.3) is 0 Å². The third-order valence-electron chi connectivity index (χ3n) is 15.4. The lowest BCUT2D eigenvalue weighted by atomic mass is 9.86. The standard InChI is InChI=1S/C70H55N3O2/c1-69(2,3)55-38-20-34-51-53-36-22-40-57(67(53)74-65(51)55)71(44-24-10-7-11-25-44)59-42-61-63(49-32-18-16-30-47(49)59)64-50-33-19-17-31-48(50)60(43-62(64)73(61)46-28-14-9-15-29-46)72(45-26-12-8-13-27-45)58-41-23-37-54-52-35-21-39-56(70(4,5)6)66(52)75-68(54)58/h7-43H,1-6H3. The highest BCUT2D eigenvalue weighted by molar-refractivity contribution is 6.32. The SMILES string of the molecule is CC(C)(C)c1cccc2c1oc1c(N(c3ccccc3)c3cc4c(c5ccccc35)c3c5ccccc5c(N(c5ccccc5)c5cccc6c5oc5c(C(C)(C)C)cccc56)cc3n4-c3ccccc3)cccc12. The summed E-state index contributed by atoms with van der Waals surface area (Å²) in [5.41, 5.74) is 15.1. The van der Waals surface area contributed by atoms with Gasteiger partial charge in [0, 0.05) is 71.3 Å². The fraction of sp³-hybridized carbons (Fsp3) is 0.114. The molecule has 3 aromatic heterocycles. The predicted molar refractivity (Wildman–Crippen MR) is 317 cm³/mol. The predicted octanol–water partition coefficient (Wildman–Crippen LogP) is 20.4. The number of fused-ring (bicyclic) bond motifs is 13. The summed E-state index contributed by atoms with van der Waals surface area (Å²) < 4.78 is 16.8. The topological polar surface area (TPSA) is 37.7 Å². The number of rotatable bonds is 7. The summed E-state index contributed by atoms with van der Waals surface area (Å²) in [6.45, 7) is 13.5. The van der Waals surface area contributed by atoms with E-state index in [-0.39, 0.29) is 10.8 Å². The van der Waals surface area contributed by atoms with Crippen molar-refractivity contribution in [2.75, 3.05) is 9.80 Å². The first kappa shape index (κ1) is 44.6. The highest BCUT2D eigenvalue weighted by Gasteiger charge is 2.30. The lowest BCUT2D eigenvalue weighted by Gasteiger charge is -2.27. The van der Waals surface area contributed by atoms with E-state index >= 15 is 0 Å². The van der Waals surface area contributed by atoms with Crippen LogP contribution in [0.15, 0.2) is 233 Å². The summed E-state index contributed by atoms with van der Waals surface area (Å²) in [7, 11) is 0. The van der Waals surface area contributed by atoms with Gasteiger partial charge >= 0.3 is 0 Å². The summed E-state index contributed by atoms with van der Waals surface area (Å²) in [5, 5.41) is 11.4. The van der Waals surface area contributed by atoms with E-state index in [9.17, 15) is 0 Å². The zero-order valence-electron chi connectivity index (χ0n) is 43.0. The second-order valence-electron chi connectivity index (χ2n) is 22.1. The van der Waals surface area contributed by atoms with Crippen LogP contribution in [0, 0.1) is 0 Å². The van der Waals surface area contributed by atoms with Gasteiger partial charge in [-0.2, -0.15) is 0 Å². The van der Waals surface area contributed by atoms with Gasteiger partial charge in [0.2, 0.25) is 0 Å². The van der Waals surface area contributed by atoms with Gasteiger partial charge in [-0.1, -0.05) is 205 Å². The molecule has 14 rings (SSSR count). The molecule has 0 unspecified atom stereocenters. The van der Waals surface area contributed by atoms with E-state index in [1.54, 1.807) is 0 Å². The first-order chi connectivity index (χ1) is 36.5. The molecule has 0 aliphatic heterocycles. The summed E-state index contributed by atoms with van der Waals surface area (Å²) in [4.78, 5) is 4.83. The van der Waals surface area contributed by atoms with Crippen LogP contribution in [-0.4, -0.2) is 4.57 Å². The molecule has 11 aromatic carbocycles. The quantitative estimate of drug-likeness (QED) is 0.159. The van der Waals surface area contributed by atoms with Crippen molar-refractivity contribution in [3.8, 4) is 5.69 Å². The first-order valence-corrected chi connectivity index (χ1v) is 26.1. The Kier molecular flexibility index (Phi) is 9.96. The fourth-order valence-electron chi connectivity index (χ4n) is 12.0. The zero-order valence-corrected chi connectivity index (χ0v) is 43.0. The Labute approximate surface area is 436 Å². The van der Waals surface area contributed by atoms with Crippen molar-refractivity contribution in [3.63, 3.8) is 0 Å². The van der Waals surface area contributed by atoms with Gasteiger partial charge in [-0.05, 0) is 82.3 Å². The van der Waals surface area contributed by atoms with Crippen molar-refractivity contribution in [1.29, 1.82) is 0 Å². The molecule has 0 aliphatic rings. The van der Waals surface area contributed by atoms with E-state index in [1.165, 1.54) is 21.9 Å². The van der Waals surface area contributed by atoms with Crippen molar-refractivity contribution in [2.24, 2.45) is 0 Å². The largest absolute Gasteiger partial charge is 0.454 e. The molecule has 0 N–H and O–H groups in total. The average molecular weight is 970 g/mol. The first-order valence-electron chi connectivity index (χ1n) is 26.1. The van der Waals surface area contributed by atoms with E-state index in [0.29, 0.717) is 0 Å². The number of benzene rings is 11. The highest BCUT2D eigenvalue weighted by Crippen LogP contribution is 2.52. The maximum Gasteiger partial charge on any atom is 0.159 e. The van der Waals surface area contributed by atoms with E-state index in [0.717, 1.165) is 116 Å². The van der Waals surface area contributed by atoms with Gasteiger partial charge in [-0.15, -0.1) is 0 Å². The van der Waals surface area contributed by atoms with Gasteiger partial charge in [0.15, 0.2) is 11.2 Å². The van der Waals surface area contributed by atoms with Crippen LogP contribution in [0.1, 0.15) is 52.7 Å². The summed E-state index contributed by atoms with van der Waals surface area (Å²) in [6, 6.07) is 81.4. The Morgan fingerprint density at radius 2 is 0.640 bits per heavy atom. The normalized spacial score (nSPS) is 12.4. The van der Waals surface area contributed by atoms with Gasteiger partial charge in [0.1, 0.15) is 11.2 Å². The van der Waals surface area contributed by atoms with Gasteiger partial charge < -0.3 is 23.2 Å². The van der Waals surface area contributed by atoms with E-state index in [1.807, 2.05) is 0 Å². The zero-order chi connectivity index (χ0) is 50.7. The average Bonchev–Trinajstić information content (AvgIpc) is 4.19. The van der Waals surface area contributed by atoms with E-state index in [2.05, 4.69) is 280 Å². The maximum absolute atomic E-state index is 7.17. The summed E-state index contributed by atoms with van der Waals surface area (Å²) >= 11 is 0. The molecule has 0 atom stereocenters. The fourth-order valence-corrected chi connectivity index (χ4v) is 12.0. The Hall–Kier alpha value is -9.06. The summed E-state index contributed by atoms with van der Waals surface area (Å²) in [6.07, 6.45) is 0. The number of aromatic nitrogens is 1. The van der Waals surface area contributed by atoms with Crippen LogP contribution in [0.4, 0.5) is 34.1 Å². The van der Waals surface area contributed by atoms with Crippen molar-refractivity contribution in [2.45, 2.75) is 52.4 Å². The van der Waals surface area contributed by atoms with Gasteiger partial charge in [0.05, 0.1) is 33.8 Å². The molecule has 3 heterocycles. The second-order valence-corrected chi connectivity index (χ2v) is 22.1. The number of anilines is 6. The van der Waals surface area contributed by atoms with Crippen molar-refractivity contribution < 1.29 is 8.83 Å². The number of hydrogen-bond donors (Lipinski definition) is 0. The smallest absolute Gasteiger partial charge is 0.159 e. The minimum Gasteiger partial charge on any atom is -0.454 e. The second kappa shape index (κ2) is 16.7. The molecule has 5 nitrogen and oxygen atoms in total. The molecule has 362 valence electrons. The Bertz CT molecular complexity index is 4280. The molecule has 0 aliphatic carbocycles. The molecule has 0 amide bonds. The third-order valence-corrected chi connectivity index (χ3v) is 15.4. The monoisotopic (exact) mass is 969 g/mol. The molecular formula is C70H55N3O2. The minimum atomic E-state index is -0.113. The lowest BCUT2D eigenvalue weighted by Crippen LogP contribution is -2.11. The molecule has 0 saturated heterocycles. The number of hydrogen-bond acceptors (Lipinski definition) is 4. The van der Waals surface area contributed by atoms with Gasteiger partial charge in [-0.3, -0.25) is 0 Å². The van der Waals surface area contributed by atoms with Crippen molar-refractivity contribution >= 4 is 121 Å². The Balaban J connectivity index is 1.11. The molecule has 5 heteroatoms. The van der Waals surface area contributed by atoms with Crippen LogP contribution in [0.5, 0.6) is 0 Å². The minimum absolute atomic E-state index is 0.113. The van der Waals surface area contributed by atoms with Crippen molar-refractivity contribution in [3.05, 3.63) is 236 Å². The van der Waals surface area contributed by atoms with Crippen LogP contribution in [-0.2, 0) is 10.8 Å². The molecule has 0 radical (unpaired) electrons. The molecule has 75 heavy (non-hydrogen) atoms. The highest BCUT2D eigenvalue weighted by atomic mass is 16.3. The number of nitrogens with zero attached hydrogens (tertiary/aromatic N) is 3. The van der Waals surface area contributed by atoms with Crippen LogP contribution in [0.25, 0.3) is 92.9 Å². The molecule has 0 bridgehead atoms. The number of furan rings is 2. The van der Waals surface area contributed by atoms with Crippen molar-refractivity contribution in [1.82, 2.24) is 4.57 Å². The number of para-hydroxylation sites is 7. The molecule has 14 aromatic rings. The third kappa shape index (κ3) is 6.91. The molecule has 0 spiro atoms. The van der Waals surface area contributed by atoms with E-state index in [4.69, 9.17) is 8.83 Å². The van der Waals surface area contributed by atoms with Crippen LogP contribution >= 0.6 is 0 Å². The van der Waals surface area contributed by atoms with E-state index < -0.39 is 0 Å². The van der Waals surface area contributed by atoms with Crippen LogP contribution in [0.2, 0.25) is 0 Å². The summed E-state index contributed by atoms with van der Waals surface area (Å²) in [5.74, 6) is 0. The Morgan fingerprint density at radius 3 is 1.04 bits per heavy atom. The van der Waals surface area contributed by atoms with Gasteiger partial charge in [-0.25, -0.2) is 0 Å². The van der Waals surface area contributed by atoms with Crippen LogP contribution in [0.3, 0.4) is 0 Å².